The van der Waals surface area contributed by atoms with E-state index in [0.29, 0.717) is 74.2 Å². The Morgan fingerprint density at radius 1 is 0.615 bits per heavy atom. The molecule has 0 radical (unpaired) electrons. The number of fused-ring (bicyclic) bond motifs is 4. The molecule has 9 rings (SSSR count). The van der Waals surface area contributed by atoms with Gasteiger partial charge < -0.3 is 34.1 Å². The minimum Gasteiger partial charge on any atom is -0.550 e. The zero-order valence-corrected chi connectivity index (χ0v) is 59.9. The predicted octanol–water partition coefficient (Wildman–Crippen LogP) is 5.71. The van der Waals surface area contributed by atoms with Crippen LogP contribution in [0.5, 0.6) is 0 Å². The minimum atomic E-state index is -1.45. The SMILES string of the molecule is C/C=C1\CCCc2c(C)ccc(C(=O)[O-])c21.CC(C(=O)[O-])c1ccc2oc3ccccc3c(=O)c2c1.CC(C)=NC(NC(C)C)=[NH+]C(C)C.CC(C)=NC(NC(C)C)=[NH+]C(C)C.CC(C)=NC(NC1CCCCC1)=[NH+]C1CCCCC1.O=C([O-])CN1C(=O)c2ccccc2C1=O. The molecule has 0 bridgehead atoms. The Morgan fingerprint density at radius 2 is 1.11 bits per heavy atom. The fourth-order valence-electron chi connectivity index (χ4n) is 11.2. The summed E-state index contributed by atoms with van der Waals surface area (Å²) in [4.78, 5) is 92.1. The number of aryl methyl sites for hydroxylation is 1. The third-order valence-corrected chi connectivity index (χ3v) is 15.5. The highest BCUT2D eigenvalue weighted by Gasteiger charge is 2.35. The number of carbonyl (C=O) groups excluding carboxylic acids is 5. The maximum absolute atomic E-state index is 12.4. The van der Waals surface area contributed by atoms with Crippen molar-refractivity contribution in [2.45, 2.75) is 243 Å². The number of nitrogens with one attached hydrogen (secondary N) is 6. The van der Waals surface area contributed by atoms with Crippen LogP contribution in [0.4, 0.5) is 0 Å². The number of hydrogen-bond acceptors (Lipinski definition) is 10. The predicted molar refractivity (Wildman–Crippen MR) is 380 cm³/mol. The zero-order chi connectivity index (χ0) is 71.3. The van der Waals surface area contributed by atoms with E-state index in [4.69, 9.17) is 4.42 Å². The van der Waals surface area contributed by atoms with Crippen molar-refractivity contribution >= 4 is 92.2 Å². The highest BCUT2D eigenvalue weighted by Crippen LogP contribution is 2.35. The van der Waals surface area contributed by atoms with Crippen LogP contribution in [0.2, 0.25) is 0 Å². The van der Waals surface area contributed by atoms with Gasteiger partial charge in [-0.3, -0.25) is 50.2 Å². The lowest BCUT2D eigenvalue weighted by Crippen LogP contribution is -2.82. The summed E-state index contributed by atoms with van der Waals surface area (Å²) in [6, 6.07) is 24.4. The molecule has 4 aliphatic rings. The molecule has 1 aromatic heterocycles. The number of guanidine groups is 3. The molecule has 2 fully saturated rings. The van der Waals surface area contributed by atoms with Gasteiger partial charge in [0.15, 0.2) is 0 Å². The van der Waals surface area contributed by atoms with Crippen LogP contribution in [0, 0.1) is 6.92 Å². The smallest absolute Gasteiger partial charge is 0.384 e. The Kier molecular flexibility index (Phi) is 33.0. The number of carboxylic acids is 3. The van der Waals surface area contributed by atoms with Crippen molar-refractivity contribution in [1.29, 1.82) is 0 Å². The number of aromatic carboxylic acids is 1. The second-order valence-corrected chi connectivity index (χ2v) is 26.5. The summed E-state index contributed by atoms with van der Waals surface area (Å²) in [6.45, 7) is 33.7. The number of nitrogens with zero attached hydrogens (tertiary/aromatic N) is 4. The van der Waals surface area contributed by atoms with E-state index in [1.165, 1.54) is 94.4 Å². The van der Waals surface area contributed by atoms with Gasteiger partial charge in [-0.15, -0.1) is 0 Å². The Balaban J connectivity index is 0.000000247. The largest absolute Gasteiger partial charge is 0.550 e. The maximum Gasteiger partial charge on any atom is 0.384 e. The lowest BCUT2D eigenvalue weighted by molar-refractivity contribution is -0.510. The first-order valence-electron chi connectivity index (χ1n) is 34.0. The molecule has 96 heavy (non-hydrogen) atoms. The van der Waals surface area contributed by atoms with Gasteiger partial charge in [0, 0.05) is 17.5 Å². The monoisotopic (exact) mass is 1320 g/mol. The molecular formula is C76H106N10O10. The average Bonchev–Trinajstić information content (AvgIpc) is 1.48. The van der Waals surface area contributed by atoms with E-state index in [1.807, 2.05) is 53.7 Å². The summed E-state index contributed by atoms with van der Waals surface area (Å²) in [5.41, 5.74) is 9.80. The lowest BCUT2D eigenvalue weighted by atomic mass is 9.82. The number of carboxylic acid groups (broad SMARTS) is 3. The molecule has 2 heterocycles. The number of carbonyl (C=O) groups is 5. The number of hydrogen-bond donors (Lipinski definition) is 6. The molecular weight excluding hydrogens is 1210 g/mol. The van der Waals surface area contributed by atoms with Gasteiger partial charge in [-0.25, -0.2) is 0 Å². The zero-order valence-electron chi connectivity index (χ0n) is 59.9. The Bertz CT molecular complexity index is 3650. The maximum atomic E-state index is 12.4. The van der Waals surface area contributed by atoms with Gasteiger partial charge in [0.1, 0.15) is 11.2 Å². The van der Waals surface area contributed by atoms with Gasteiger partial charge in [0.25, 0.3) is 11.8 Å². The van der Waals surface area contributed by atoms with Gasteiger partial charge in [0.05, 0.1) is 93.8 Å². The van der Waals surface area contributed by atoms with Crippen LogP contribution in [0.3, 0.4) is 0 Å². The van der Waals surface area contributed by atoms with Gasteiger partial charge in [0.2, 0.25) is 5.43 Å². The van der Waals surface area contributed by atoms with Crippen LogP contribution in [0.15, 0.2) is 109 Å². The molecule has 4 aromatic carbocycles. The quantitative estimate of drug-likeness (QED) is 0.0400. The Morgan fingerprint density at radius 3 is 1.59 bits per heavy atom. The Hall–Kier alpha value is -8.94. The van der Waals surface area contributed by atoms with E-state index in [-0.39, 0.29) is 16.6 Å². The summed E-state index contributed by atoms with van der Waals surface area (Å²) in [6.07, 6.45) is 18.5. The van der Waals surface area contributed by atoms with E-state index >= 15 is 0 Å². The first-order chi connectivity index (χ1) is 45.4. The van der Waals surface area contributed by atoms with Gasteiger partial charge in [-0.1, -0.05) is 109 Å². The van der Waals surface area contributed by atoms with Crippen LogP contribution < -0.4 is 51.7 Å². The number of benzene rings is 4. The average molecular weight is 1320 g/mol. The third kappa shape index (κ3) is 26.3. The van der Waals surface area contributed by atoms with E-state index in [2.05, 4.69) is 115 Å². The number of imide groups is 1. The second-order valence-electron chi connectivity index (χ2n) is 26.5. The number of rotatable bonds is 11. The number of amides is 2. The molecule has 6 N–H and O–H groups in total. The fraction of sp³-hybridized carbons (Fsp3) is 0.500. The Labute approximate surface area is 568 Å². The molecule has 0 saturated heterocycles. The van der Waals surface area contributed by atoms with Crippen LogP contribution in [0.1, 0.15) is 247 Å². The first-order valence-corrected chi connectivity index (χ1v) is 34.0. The summed E-state index contributed by atoms with van der Waals surface area (Å²) >= 11 is 0. The van der Waals surface area contributed by atoms with Gasteiger partial charge in [-0.2, -0.15) is 0 Å². The molecule has 20 heteroatoms. The van der Waals surface area contributed by atoms with Crippen molar-refractivity contribution in [3.8, 4) is 0 Å². The topological polar surface area (TPSA) is 303 Å². The highest BCUT2D eigenvalue weighted by atomic mass is 16.4. The molecule has 0 spiro atoms. The van der Waals surface area contributed by atoms with Crippen LogP contribution >= 0.6 is 0 Å². The summed E-state index contributed by atoms with van der Waals surface area (Å²) in [5.74, 6) is -2.88. The van der Waals surface area contributed by atoms with Crippen LogP contribution in [0.25, 0.3) is 27.5 Å². The fourth-order valence-corrected chi connectivity index (χ4v) is 11.2. The number of aliphatic imine (C=N–C) groups is 3. The van der Waals surface area contributed by atoms with E-state index in [0.717, 1.165) is 65.4 Å². The van der Waals surface area contributed by atoms with Crippen molar-refractivity contribution in [1.82, 2.24) is 20.9 Å². The number of allylic oxidation sites excluding steroid dienone is 2. The first kappa shape index (κ1) is 79.5. The van der Waals surface area contributed by atoms with Crippen LogP contribution in [-0.4, -0.2) is 112 Å². The molecule has 5 aromatic rings. The second kappa shape index (κ2) is 39.8. The number of aliphatic carboxylic acids is 2. The van der Waals surface area contributed by atoms with Gasteiger partial charge in [-0.05, 0) is 220 Å². The van der Waals surface area contributed by atoms with Crippen molar-refractivity contribution in [2.75, 3.05) is 6.54 Å². The van der Waals surface area contributed by atoms with Gasteiger partial charge >= 0.3 is 17.9 Å². The molecule has 520 valence electrons. The van der Waals surface area contributed by atoms with E-state index < -0.39 is 42.2 Å². The molecule has 3 aliphatic carbocycles. The molecule has 20 nitrogen and oxygen atoms in total. The molecule has 1 unspecified atom stereocenters. The summed E-state index contributed by atoms with van der Waals surface area (Å²) < 4.78 is 5.66. The van der Waals surface area contributed by atoms with Crippen molar-refractivity contribution in [2.24, 2.45) is 15.0 Å². The highest BCUT2D eigenvalue weighted by molar-refractivity contribution is 6.22. The molecule has 2 saturated carbocycles. The van der Waals surface area contributed by atoms with Crippen LogP contribution in [-0.2, 0) is 16.0 Å². The number of para-hydroxylation sites is 1. The van der Waals surface area contributed by atoms with E-state index in [9.17, 15) is 44.1 Å². The third-order valence-electron chi connectivity index (χ3n) is 15.5. The standard InChI is InChI=1S/C16H29N3.C16H12O4.C14H16O2.2C10H21N3.C10H7NO4/c1-13(2)17-16(18-14-9-5-3-6-10-14)19-15-11-7-4-8-12-15;1-9(16(18)19)10-6-7-14-12(8-10)15(17)11-4-2-3-5-13(11)20-14;1-3-10-5-4-6-11-9(2)7-8-12(13(10)11)14(15)16;2*1-7(2)11-10(12-8(3)4)13-9(5)6;12-8(13)5-11-9(14)6-3-1-2-4-7(6)10(11)15/h14-15H,3-12H2,1-2H3,(H,18,19);2-9H,1H3,(H,18,19);3,7-8H,4-6H2,1-2H3,(H,15,16);2*7-8H,1-6H3,(H,11,12);1-4H,5H2,(H,12,13)/b;;10-3+;;;. The van der Waals surface area contributed by atoms with E-state index in [1.54, 1.807) is 60.7 Å². The molecule has 2 amide bonds. The summed E-state index contributed by atoms with van der Waals surface area (Å²) in [5, 5.41) is 43.4. The molecule has 1 atom stereocenters. The van der Waals surface area contributed by atoms with Crippen molar-refractivity contribution in [3.63, 3.8) is 0 Å². The summed E-state index contributed by atoms with van der Waals surface area (Å²) in [7, 11) is 0. The minimum absolute atomic E-state index is 0.158. The van der Waals surface area contributed by atoms with Crippen molar-refractivity contribution < 1.29 is 58.7 Å². The van der Waals surface area contributed by atoms with Crippen molar-refractivity contribution in [3.05, 3.63) is 134 Å². The normalized spacial score (nSPS) is 15.6. The lowest BCUT2D eigenvalue weighted by Gasteiger charge is -2.24. The molecule has 1 aliphatic heterocycles.